The molecule has 6 N–H and O–H groups in total. The van der Waals surface area contributed by atoms with Crippen LogP contribution in [-0.2, 0) is 25.5 Å². The van der Waals surface area contributed by atoms with E-state index in [9.17, 15) is 69.1 Å². The number of alkyl halides is 6. The lowest BCUT2D eigenvalue weighted by atomic mass is 9.84. The topological polar surface area (TPSA) is 166 Å². The third-order valence-corrected chi connectivity index (χ3v) is 19.5. The predicted molar refractivity (Wildman–Crippen MR) is 377 cm³/mol. The van der Waals surface area contributed by atoms with Crippen LogP contribution >= 0.6 is 45.2 Å². The molecule has 0 aromatic heterocycles. The minimum atomic E-state index is -5.08. The highest BCUT2D eigenvalue weighted by Crippen LogP contribution is 2.45. The second-order valence-electron chi connectivity index (χ2n) is 27.0. The lowest BCUT2D eigenvalue weighted by Crippen LogP contribution is -2.42. The highest BCUT2D eigenvalue weighted by Gasteiger charge is 2.54. The Balaban J connectivity index is 0.000000585. The van der Waals surface area contributed by atoms with Gasteiger partial charge >= 0.3 is 18.3 Å². The fourth-order valence-corrected chi connectivity index (χ4v) is 10.9. The van der Waals surface area contributed by atoms with E-state index in [1.165, 1.54) is 37.0 Å². The van der Waals surface area contributed by atoms with Crippen LogP contribution in [-0.4, -0.2) is 68.0 Å². The van der Waals surface area contributed by atoms with E-state index in [1.54, 1.807) is 33.9 Å². The molecule has 1 aliphatic carbocycles. The molecule has 5 aromatic rings. The molecule has 0 aliphatic heterocycles. The molecule has 96 heavy (non-hydrogen) atoms. The van der Waals surface area contributed by atoms with Gasteiger partial charge in [-0.2, -0.15) is 35.1 Å². The molecule has 0 amide bonds. The summed E-state index contributed by atoms with van der Waals surface area (Å²) in [7, 11) is 1.68. The highest BCUT2D eigenvalue weighted by molar-refractivity contribution is 14.1. The van der Waals surface area contributed by atoms with Crippen LogP contribution in [0.15, 0.2) is 72.8 Å². The van der Waals surface area contributed by atoms with Gasteiger partial charge < -0.3 is 44.8 Å². The molecule has 22 heteroatoms. The van der Waals surface area contributed by atoms with Gasteiger partial charge in [0.25, 0.3) is 0 Å². The van der Waals surface area contributed by atoms with Gasteiger partial charge in [0.15, 0.2) is 40.1 Å². The van der Waals surface area contributed by atoms with Crippen molar-refractivity contribution in [3.8, 4) is 28.7 Å². The molecule has 0 radical (unpaired) electrons. The van der Waals surface area contributed by atoms with Gasteiger partial charge in [-0.25, -0.2) is 8.78 Å². The molecule has 8 atom stereocenters. The van der Waals surface area contributed by atoms with Gasteiger partial charge in [0.05, 0.1) is 12.6 Å². The van der Waals surface area contributed by atoms with Crippen molar-refractivity contribution in [3.05, 3.63) is 142 Å². The molecule has 1 saturated carbocycles. The minimum absolute atomic E-state index is 0.0344. The third-order valence-electron chi connectivity index (χ3n) is 17.8. The number of ether oxygens (including phenoxy) is 3. The van der Waals surface area contributed by atoms with Crippen LogP contribution in [0.25, 0.3) is 0 Å². The zero-order valence-electron chi connectivity index (χ0n) is 59.3. The van der Waals surface area contributed by atoms with Crippen LogP contribution in [0.2, 0.25) is 0 Å². The highest BCUT2D eigenvalue weighted by atomic mass is 127. The average molecular weight is 1600 g/mol. The smallest absolute Gasteiger partial charge is 0.421 e. The summed E-state index contributed by atoms with van der Waals surface area (Å²) in [5.74, 6) is -6.42. The zero-order chi connectivity index (χ0) is 74.6. The number of hydrogen-bond donors (Lipinski definition) is 6. The number of esters is 1. The quantitative estimate of drug-likeness (QED) is 0.0124. The number of carbonyl (C=O) groups excluding carboxylic acids is 1. The maximum atomic E-state index is 13.2. The van der Waals surface area contributed by atoms with Crippen molar-refractivity contribution in [3.63, 3.8) is 0 Å². The van der Waals surface area contributed by atoms with E-state index in [4.69, 9.17) is 24.4 Å². The van der Waals surface area contributed by atoms with Gasteiger partial charge in [0, 0.05) is 18.1 Å². The summed E-state index contributed by atoms with van der Waals surface area (Å²) in [6, 6.07) is 20.0. The summed E-state index contributed by atoms with van der Waals surface area (Å²) in [5.41, 5.74) is -5.46. The Labute approximate surface area is 590 Å². The maximum Gasteiger partial charge on any atom is 0.421 e. The van der Waals surface area contributed by atoms with E-state index in [-0.39, 0.29) is 51.7 Å². The molecule has 1 fully saturated rings. The lowest BCUT2D eigenvalue weighted by molar-refractivity contribution is -0.261. The number of rotatable bonds is 18. The maximum absolute atomic E-state index is 13.2. The lowest BCUT2D eigenvalue weighted by Gasteiger charge is -2.32. The number of carbonyl (C=O) groups is 1. The number of hydrogen-bond acceptors (Lipinski definition) is 10. The summed E-state index contributed by atoms with van der Waals surface area (Å²) in [5, 5.41) is 56.1. The van der Waals surface area contributed by atoms with Crippen molar-refractivity contribution in [1.82, 2.24) is 0 Å². The number of halogens is 12. The molecule has 5 aromatic carbocycles. The number of methoxy groups -OCH3 is 1. The van der Waals surface area contributed by atoms with Crippen LogP contribution in [0, 0.1) is 41.2 Å². The summed E-state index contributed by atoms with van der Waals surface area (Å²) >= 11 is 4.34. The number of benzene rings is 5. The van der Waals surface area contributed by atoms with E-state index in [0.717, 1.165) is 69.1 Å². The van der Waals surface area contributed by atoms with Crippen molar-refractivity contribution >= 4 is 51.2 Å². The largest absolute Gasteiger partial charge is 0.506 e. The van der Waals surface area contributed by atoms with Gasteiger partial charge in [-0.1, -0.05) is 127 Å². The predicted octanol–water partition coefficient (Wildman–Crippen LogP) is 22.8. The molecular weight excluding hydrogens is 1490 g/mol. The molecule has 6 rings (SSSR count). The summed E-state index contributed by atoms with van der Waals surface area (Å²) in [4.78, 5) is 11.8. The second-order valence-corrected chi connectivity index (χ2v) is 29.4. The summed E-state index contributed by atoms with van der Waals surface area (Å²) < 4.78 is 149. The SMILES string of the molecule is CCC(C)(C)C(=O)OC1(C)CCCC1.CCC(C)c1c(F)c(F)c(O)c(F)c1F.CCC(C)c1cc(C(C)(O)C(F)(F)F)cc(C(C)(O)C(F)(F)F)c1.CCC(C)c1cc(I)c(O)c(I)c1.CCC(C)c1ccc(O)c(O)c1.CCC(C)c1ccc(OC(OC)C(C)(C)C)cc1. The Morgan fingerprint density at radius 1 is 0.521 bits per heavy atom. The van der Waals surface area contributed by atoms with Gasteiger partial charge in [0.1, 0.15) is 17.1 Å². The first-order valence-corrected chi connectivity index (χ1v) is 34.6. The van der Waals surface area contributed by atoms with Crippen molar-refractivity contribution in [2.75, 3.05) is 7.11 Å². The molecule has 8 unspecified atom stereocenters. The summed E-state index contributed by atoms with van der Waals surface area (Å²) in [6.07, 6.45) is -1.00. The van der Waals surface area contributed by atoms with E-state index < -0.39 is 75.2 Å². The molecule has 0 bridgehead atoms. The summed E-state index contributed by atoms with van der Waals surface area (Å²) in [6.45, 7) is 34.7. The van der Waals surface area contributed by atoms with Crippen LogP contribution in [0.1, 0.15) is 264 Å². The molecule has 0 heterocycles. The van der Waals surface area contributed by atoms with Gasteiger partial charge in [-0.15, -0.1) is 0 Å². The molecule has 0 spiro atoms. The van der Waals surface area contributed by atoms with Crippen molar-refractivity contribution in [2.45, 2.75) is 261 Å². The van der Waals surface area contributed by atoms with Crippen molar-refractivity contribution < 1.29 is 93.5 Å². The number of aliphatic hydroxyl groups is 2. The molecule has 10 nitrogen and oxygen atoms in total. The molecule has 0 saturated heterocycles. The van der Waals surface area contributed by atoms with Gasteiger partial charge in [-0.3, -0.25) is 4.79 Å². The first-order chi connectivity index (χ1) is 43.9. The fraction of sp³-hybridized carbons (Fsp3) is 0.581. The third kappa shape index (κ3) is 25.4. The average Bonchev–Trinajstić information content (AvgIpc) is 0.880. The van der Waals surface area contributed by atoms with Gasteiger partial charge in [-0.05, 0) is 249 Å². The van der Waals surface area contributed by atoms with Crippen LogP contribution in [0.5, 0.6) is 28.7 Å². The van der Waals surface area contributed by atoms with E-state index >= 15 is 0 Å². The number of aromatic hydroxyl groups is 4. The van der Waals surface area contributed by atoms with Gasteiger partial charge in [0.2, 0.25) is 17.9 Å². The van der Waals surface area contributed by atoms with Crippen molar-refractivity contribution in [1.29, 1.82) is 0 Å². The standard InChI is InChI=1S/C16H20F6O2.C16H26O2.C12H22O2.C10H10F4O.C10H12I2O.C10H14O2/c1-5-9(2)10-6-11(13(3,23)15(17,18)19)8-12(7-10)14(4,24)16(20,21)22;1-7-12(2)13-8-10-14(11-9-13)18-15(17-6)16(3,4)5;1-5-11(2,3)10(13)14-12(4)8-6-7-9-12;1-3-4(2)5-6(11)8(13)10(15)9(14)7(5)12;1-3-6(2)7-4-8(11)10(13)9(12)5-7;1-3-7(2)8-4-5-9(11)10(12)6-8/h6-9,23-24H,5H2,1-4H3;8-12,15H,7H2,1-6H3;5-9H2,1-4H3;4,15H,3H2,1-2H3;4-6,13H,3H2,1-2H3;4-7,11-12H,3H2,1-2H3. The van der Waals surface area contributed by atoms with E-state index in [0.29, 0.717) is 56.3 Å². The first-order valence-electron chi connectivity index (χ1n) is 32.5. The van der Waals surface area contributed by atoms with Crippen LogP contribution in [0.4, 0.5) is 43.9 Å². The first kappa shape index (κ1) is 89.2. The Morgan fingerprint density at radius 2 is 0.896 bits per heavy atom. The number of phenolic OH excluding ortho intramolecular Hbond substituents is 4. The van der Waals surface area contributed by atoms with E-state index in [1.807, 2.05) is 39.0 Å². The normalized spacial score (nSPS) is 16.1. The zero-order valence-corrected chi connectivity index (χ0v) is 63.6. The monoisotopic (exact) mass is 1600 g/mol. The Kier molecular flexibility index (Phi) is 35.4. The molecular formula is C74H104F10I2O10. The molecule has 1 aliphatic rings. The Hall–Kier alpha value is -4.79. The van der Waals surface area contributed by atoms with E-state index in [2.05, 4.69) is 139 Å². The fourth-order valence-electron chi connectivity index (χ4n) is 9.07. The molecule has 544 valence electrons. The Bertz CT molecular complexity index is 3120. The van der Waals surface area contributed by atoms with Crippen molar-refractivity contribution in [2.24, 2.45) is 10.8 Å². The minimum Gasteiger partial charge on any atom is -0.506 e. The van der Waals surface area contributed by atoms with Crippen LogP contribution in [0.3, 0.4) is 0 Å². The number of phenols is 4. The van der Waals surface area contributed by atoms with Crippen LogP contribution < -0.4 is 4.74 Å². The second kappa shape index (κ2) is 38.1. The Morgan fingerprint density at radius 3 is 1.25 bits per heavy atom.